The number of rotatable bonds is 7. The first-order valence-electron chi connectivity index (χ1n) is 12.8. The van der Waals surface area contributed by atoms with Crippen LogP contribution in [0.5, 0.6) is 11.5 Å². The lowest BCUT2D eigenvalue weighted by atomic mass is 9.75. The molecule has 0 aliphatic carbocycles. The van der Waals surface area contributed by atoms with Crippen LogP contribution < -0.4 is 20.4 Å². The van der Waals surface area contributed by atoms with Gasteiger partial charge in [0.05, 0.1) is 24.4 Å². The fourth-order valence-corrected chi connectivity index (χ4v) is 4.43. The van der Waals surface area contributed by atoms with Crippen molar-refractivity contribution in [1.82, 2.24) is 0 Å². The smallest absolute Gasteiger partial charge is 0.494 e. The van der Waals surface area contributed by atoms with Crippen LogP contribution in [0.4, 0.5) is 0 Å². The molecule has 5 rings (SSSR count). The third-order valence-electron chi connectivity index (χ3n) is 7.07. The minimum Gasteiger partial charge on any atom is -0.494 e. The molecule has 202 valence electrons. The lowest BCUT2D eigenvalue weighted by Gasteiger charge is -2.32. The average Bonchev–Trinajstić information content (AvgIpc) is 3.21. The van der Waals surface area contributed by atoms with Crippen LogP contribution in [0, 0.1) is 10.1 Å². The van der Waals surface area contributed by atoms with Gasteiger partial charge >= 0.3 is 14.2 Å². The summed E-state index contributed by atoms with van der Waals surface area (Å²) in [6, 6.07) is 10.9. The number of hydrogen-bond donors (Lipinski definition) is 0. The van der Waals surface area contributed by atoms with Crippen LogP contribution >= 0.6 is 0 Å². The molecule has 0 bridgehead atoms. The Morgan fingerprint density at radius 2 is 1.76 bits per heavy atom. The van der Waals surface area contributed by atoms with Crippen LogP contribution in [0.15, 0.2) is 36.4 Å². The fourth-order valence-electron chi connectivity index (χ4n) is 4.43. The summed E-state index contributed by atoms with van der Waals surface area (Å²) in [6.07, 6.45) is 1.17. The molecule has 10 nitrogen and oxygen atoms in total. The highest BCUT2D eigenvalue weighted by molar-refractivity contribution is 6.65. The molecule has 1 saturated heterocycles. The van der Waals surface area contributed by atoms with Gasteiger partial charge in [0.2, 0.25) is 6.54 Å². The number of ether oxygens (including phenoxy) is 2. The summed E-state index contributed by atoms with van der Waals surface area (Å²) in [5.41, 5.74) is 1.93. The molecular weight excluding hydrogens is 492 g/mol. The second kappa shape index (κ2) is 11.4. The zero-order chi connectivity index (χ0) is 27.5. The van der Waals surface area contributed by atoms with Crippen molar-refractivity contribution in [2.45, 2.75) is 58.3 Å². The monoisotopic (exact) mass is 525 g/mol. The Bertz CT molecular complexity index is 1160. The van der Waals surface area contributed by atoms with Crippen LogP contribution in [-0.2, 0) is 18.6 Å². The number of aldehydes is 1. The second-order valence-electron chi connectivity index (χ2n) is 10.3. The van der Waals surface area contributed by atoms with Gasteiger partial charge < -0.3 is 28.1 Å². The molecule has 2 aromatic rings. The van der Waals surface area contributed by atoms with Gasteiger partial charge in [0.15, 0.2) is 0 Å². The van der Waals surface area contributed by atoms with Gasteiger partial charge in [-0.2, -0.15) is 0 Å². The summed E-state index contributed by atoms with van der Waals surface area (Å²) >= 11 is 0. The lowest BCUT2D eigenvalue weighted by Crippen LogP contribution is -2.41. The van der Waals surface area contributed by atoms with Crippen molar-refractivity contribution in [3.63, 3.8) is 0 Å². The second-order valence-corrected chi connectivity index (χ2v) is 10.3. The number of benzene rings is 2. The molecule has 1 atom stereocenters. The largest absolute Gasteiger partial charge is 0.499 e. The molecular formula is C26H33B2NO9. The number of nitrogens with zero attached hydrogens (tertiary/aromatic N) is 1. The molecule has 0 aromatic heterocycles. The van der Waals surface area contributed by atoms with E-state index < -0.39 is 31.5 Å². The third-order valence-corrected chi connectivity index (χ3v) is 7.07. The van der Waals surface area contributed by atoms with E-state index in [0.717, 1.165) is 23.7 Å². The molecule has 3 heterocycles. The molecule has 1 fully saturated rings. The molecule has 0 saturated carbocycles. The van der Waals surface area contributed by atoms with E-state index in [4.69, 9.17) is 28.1 Å². The molecule has 0 N–H and O–H groups in total. The van der Waals surface area contributed by atoms with E-state index in [2.05, 4.69) is 0 Å². The Morgan fingerprint density at radius 1 is 1.05 bits per heavy atom. The molecule has 12 heteroatoms. The molecule has 0 amide bonds. The molecule has 38 heavy (non-hydrogen) atoms. The minimum atomic E-state index is -0.594. The first-order valence-corrected chi connectivity index (χ1v) is 12.8. The van der Waals surface area contributed by atoms with Crippen molar-refractivity contribution >= 4 is 31.4 Å². The van der Waals surface area contributed by atoms with Crippen molar-refractivity contribution in [1.29, 1.82) is 0 Å². The van der Waals surface area contributed by atoms with E-state index in [9.17, 15) is 14.9 Å². The minimum absolute atomic E-state index is 0.254. The third kappa shape index (κ3) is 5.73. The normalized spacial score (nSPS) is 20.5. The summed E-state index contributed by atoms with van der Waals surface area (Å²) in [7, 11) is -1.13. The zero-order valence-electron chi connectivity index (χ0n) is 22.4. The molecule has 3 aliphatic rings. The zero-order valence-corrected chi connectivity index (χ0v) is 22.4. The summed E-state index contributed by atoms with van der Waals surface area (Å²) < 4.78 is 34.4. The van der Waals surface area contributed by atoms with Crippen molar-refractivity contribution in [2.24, 2.45) is 0 Å². The molecule has 3 aliphatic heterocycles. The van der Waals surface area contributed by atoms with Gasteiger partial charge in [0.25, 0.3) is 0 Å². The van der Waals surface area contributed by atoms with E-state index in [0.29, 0.717) is 42.3 Å². The number of carbonyl (C=O) groups is 1. The predicted molar refractivity (Wildman–Crippen MR) is 142 cm³/mol. The quantitative estimate of drug-likeness (QED) is 0.233. The summed E-state index contributed by atoms with van der Waals surface area (Å²) in [5, 5.41) is 10.6. The molecule has 1 unspecified atom stereocenters. The molecule has 2 aromatic carbocycles. The van der Waals surface area contributed by atoms with Crippen molar-refractivity contribution < 1.29 is 37.8 Å². The Labute approximate surface area is 223 Å². The maximum Gasteiger partial charge on any atom is 0.499 e. The lowest BCUT2D eigenvalue weighted by molar-refractivity contribution is -0.490. The fraction of sp³-hybridized carbons (Fsp3) is 0.500. The van der Waals surface area contributed by atoms with Crippen LogP contribution in [0.2, 0.25) is 0 Å². The predicted octanol–water partition coefficient (Wildman–Crippen LogP) is 2.73. The highest BCUT2D eigenvalue weighted by Crippen LogP contribution is 2.37. The average molecular weight is 525 g/mol. The highest BCUT2D eigenvalue weighted by Gasteiger charge is 2.53. The van der Waals surface area contributed by atoms with Gasteiger partial charge in [-0.3, -0.25) is 14.9 Å². The van der Waals surface area contributed by atoms with Crippen LogP contribution in [0.1, 0.15) is 63.1 Å². The highest BCUT2D eigenvalue weighted by atomic mass is 16.7. The Kier molecular flexibility index (Phi) is 8.46. The summed E-state index contributed by atoms with van der Waals surface area (Å²) in [4.78, 5) is 21.6. The maximum atomic E-state index is 11.4. The van der Waals surface area contributed by atoms with E-state index in [1.54, 1.807) is 6.07 Å². The van der Waals surface area contributed by atoms with E-state index in [1.165, 1.54) is 0 Å². The van der Waals surface area contributed by atoms with Gasteiger partial charge in [-0.05, 0) is 51.8 Å². The van der Waals surface area contributed by atoms with Crippen molar-refractivity contribution in [3.05, 3.63) is 57.6 Å². The van der Waals surface area contributed by atoms with Crippen molar-refractivity contribution in [3.8, 4) is 11.5 Å². The van der Waals surface area contributed by atoms with E-state index >= 15 is 0 Å². The van der Waals surface area contributed by atoms with Crippen LogP contribution in [0.25, 0.3) is 0 Å². The first kappa shape index (κ1) is 28.1. The SMILES string of the molecule is CCCOc1cccc(C=O)c1B1OC(C)(C)C(C)(C)O1.O=[N+]([O-])CC1OB2OCCOc3cccc1c32. The Balaban J connectivity index is 0.000000180. The van der Waals surface area contributed by atoms with E-state index in [-0.39, 0.29) is 11.5 Å². The van der Waals surface area contributed by atoms with Crippen LogP contribution in [0.3, 0.4) is 0 Å². The Morgan fingerprint density at radius 3 is 2.42 bits per heavy atom. The molecule has 0 spiro atoms. The molecule has 0 radical (unpaired) electrons. The summed E-state index contributed by atoms with van der Waals surface area (Å²) in [6.45, 7) is 11.2. The standard InChI is InChI=1S/C16H23BO4.C10H10BNO5/c1-6-10-19-13-9-7-8-12(11-18)14(13)17-20-15(2,3)16(4,5)21-17;13-12(14)6-9-7-2-1-3-8-10(7)11(17-9)16-5-4-15-8/h7-9,11H,6,10H2,1-5H3;1-3,9H,4-6H2. The van der Waals surface area contributed by atoms with Gasteiger partial charge in [-0.25, -0.2) is 0 Å². The maximum absolute atomic E-state index is 11.4. The van der Waals surface area contributed by atoms with Gasteiger partial charge in [0, 0.05) is 21.4 Å². The van der Waals surface area contributed by atoms with Gasteiger partial charge in [0.1, 0.15) is 30.5 Å². The van der Waals surface area contributed by atoms with Gasteiger partial charge in [-0.15, -0.1) is 0 Å². The number of carbonyl (C=O) groups excluding carboxylic acids is 1. The first-order chi connectivity index (χ1) is 18.1. The number of nitro groups is 1. The summed E-state index contributed by atoms with van der Waals surface area (Å²) in [5.74, 6) is 1.36. The van der Waals surface area contributed by atoms with Crippen LogP contribution in [-0.4, -0.2) is 63.0 Å². The van der Waals surface area contributed by atoms with Crippen molar-refractivity contribution in [2.75, 3.05) is 26.4 Å². The topological polar surface area (TPSA) is 116 Å². The van der Waals surface area contributed by atoms with Gasteiger partial charge in [-0.1, -0.05) is 31.2 Å². The Hall–Kier alpha value is -2.92. The number of hydrogen-bond acceptors (Lipinski definition) is 9. The van der Waals surface area contributed by atoms with E-state index in [1.807, 2.05) is 65.0 Å².